The Kier molecular flexibility index (Phi) is 3.47. The monoisotopic (exact) mass is 240 g/mol. The highest BCUT2D eigenvalue weighted by Crippen LogP contribution is 2.25. The number of hydrogen-bond donors (Lipinski definition) is 0. The molecule has 0 N–H and O–H groups in total. The van der Waals surface area contributed by atoms with Crippen LogP contribution in [0, 0.1) is 0 Å². The molecule has 0 aliphatic rings. The fourth-order valence-electron chi connectivity index (χ4n) is 1.70. The van der Waals surface area contributed by atoms with Gasteiger partial charge in [0.25, 0.3) is 0 Å². The quantitative estimate of drug-likeness (QED) is 0.605. The van der Waals surface area contributed by atoms with Gasteiger partial charge < -0.3 is 4.74 Å². The number of carbonyl (C=O) groups excluding carboxylic acids is 1. The Labute approximate surface area is 107 Å². The van der Waals surface area contributed by atoms with Crippen molar-refractivity contribution in [1.82, 2.24) is 0 Å². The lowest BCUT2D eigenvalue weighted by Crippen LogP contribution is -2.33. The first-order chi connectivity index (χ1) is 8.60. The van der Waals surface area contributed by atoms with Crippen LogP contribution in [-0.2, 0) is 10.2 Å². The van der Waals surface area contributed by atoms with Gasteiger partial charge in [-0.15, -0.1) is 0 Å². The van der Waals surface area contributed by atoms with Gasteiger partial charge in [0.2, 0.25) is 0 Å². The number of rotatable bonds is 3. The van der Waals surface area contributed by atoms with E-state index in [9.17, 15) is 4.79 Å². The molecule has 0 atom stereocenters. The summed E-state index contributed by atoms with van der Waals surface area (Å²) in [5.41, 5.74) is 0.294. The predicted molar refractivity (Wildman–Crippen MR) is 71.5 cm³/mol. The van der Waals surface area contributed by atoms with Gasteiger partial charge in [-0.1, -0.05) is 48.5 Å². The topological polar surface area (TPSA) is 26.3 Å². The molecule has 0 fully saturated rings. The van der Waals surface area contributed by atoms with Crippen LogP contribution in [0.5, 0.6) is 5.75 Å². The predicted octanol–water partition coefficient (Wildman–Crippen LogP) is 3.57. The Morgan fingerprint density at radius 1 is 0.889 bits per heavy atom. The smallest absolute Gasteiger partial charge is 0.321 e. The molecule has 2 nitrogen and oxygen atoms in total. The van der Waals surface area contributed by atoms with Crippen LogP contribution in [-0.4, -0.2) is 5.97 Å². The summed E-state index contributed by atoms with van der Waals surface area (Å²) in [4.78, 5) is 12.2. The summed E-state index contributed by atoms with van der Waals surface area (Å²) in [5.74, 6) is 0.325. The molecule has 0 unspecified atom stereocenters. The molecule has 92 valence electrons. The average molecular weight is 240 g/mol. The Bertz CT molecular complexity index is 515. The highest BCUT2D eigenvalue weighted by Gasteiger charge is 2.31. The van der Waals surface area contributed by atoms with Crippen molar-refractivity contribution in [1.29, 1.82) is 0 Å². The summed E-state index contributed by atoms with van der Waals surface area (Å²) in [6.45, 7) is 3.74. The molecule has 0 spiro atoms. The lowest BCUT2D eigenvalue weighted by molar-refractivity contribution is -0.139. The molecule has 0 heterocycles. The van der Waals surface area contributed by atoms with Crippen molar-refractivity contribution in [2.24, 2.45) is 0 Å². The molecule has 0 amide bonds. The molecule has 0 aliphatic heterocycles. The zero-order chi connectivity index (χ0) is 13.0. The van der Waals surface area contributed by atoms with Gasteiger partial charge in [0.15, 0.2) is 0 Å². The third-order valence-corrected chi connectivity index (χ3v) is 2.96. The minimum atomic E-state index is -0.656. The van der Waals surface area contributed by atoms with E-state index >= 15 is 0 Å². The maximum absolute atomic E-state index is 12.2. The number of esters is 1. The second-order valence-electron chi connectivity index (χ2n) is 4.69. The van der Waals surface area contributed by atoms with Crippen LogP contribution in [0.2, 0.25) is 0 Å². The van der Waals surface area contributed by atoms with Gasteiger partial charge in [-0.2, -0.15) is 0 Å². The number of ether oxygens (including phenoxy) is 1. The summed E-state index contributed by atoms with van der Waals surface area (Å²) in [6.07, 6.45) is 0. The first-order valence-corrected chi connectivity index (χ1v) is 5.93. The minimum Gasteiger partial charge on any atom is -0.426 e. The number of benzene rings is 2. The van der Waals surface area contributed by atoms with E-state index in [0.29, 0.717) is 5.75 Å². The van der Waals surface area contributed by atoms with Crippen LogP contribution in [0.15, 0.2) is 60.7 Å². The maximum Gasteiger partial charge on any atom is 0.321 e. The first kappa shape index (κ1) is 12.4. The van der Waals surface area contributed by atoms with Crippen molar-refractivity contribution in [3.63, 3.8) is 0 Å². The van der Waals surface area contributed by atoms with Crippen LogP contribution < -0.4 is 4.74 Å². The van der Waals surface area contributed by atoms with Gasteiger partial charge in [0, 0.05) is 0 Å². The molecule has 0 saturated heterocycles. The van der Waals surface area contributed by atoms with Crippen molar-refractivity contribution in [3.05, 3.63) is 66.2 Å². The normalized spacial score (nSPS) is 11.0. The largest absolute Gasteiger partial charge is 0.426 e. The van der Waals surface area contributed by atoms with E-state index in [1.54, 1.807) is 12.1 Å². The third kappa shape index (κ3) is 2.59. The molecule has 0 aliphatic carbocycles. The van der Waals surface area contributed by atoms with E-state index in [0.717, 1.165) is 5.56 Å². The van der Waals surface area contributed by atoms with Gasteiger partial charge in [-0.3, -0.25) is 4.79 Å². The van der Waals surface area contributed by atoms with Gasteiger partial charge in [-0.25, -0.2) is 0 Å². The number of carbonyl (C=O) groups is 1. The third-order valence-electron chi connectivity index (χ3n) is 2.96. The number of para-hydroxylation sites is 1. The minimum absolute atomic E-state index is 0.250. The van der Waals surface area contributed by atoms with Crippen LogP contribution in [0.4, 0.5) is 0 Å². The zero-order valence-corrected chi connectivity index (χ0v) is 10.6. The van der Waals surface area contributed by atoms with Gasteiger partial charge in [-0.05, 0) is 31.5 Å². The van der Waals surface area contributed by atoms with E-state index in [1.165, 1.54) is 0 Å². The molecule has 2 rings (SSSR count). The highest BCUT2D eigenvalue weighted by molar-refractivity contribution is 5.84. The molecule has 0 bridgehead atoms. The molecule has 18 heavy (non-hydrogen) atoms. The summed E-state index contributed by atoms with van der Waals surface area (Å²) in [5, 5.41) is 0. The van der Waals surface area contributed by atoms with E-state index in [2.05, 4.69) is 0 Å². The van der Waals surface area contributed by atoms with Crippen LogP contribution in [0.25, 0.3) is 0 Å². The lowest BCUT2D eigenvalue weighted by atomic mass is 9.85. The molecule has 0 aromatic heterocycles. The van der Waals surface area contributed by atoms with Crippen LogP contribution >= 0.6 is 0 Å². The summed E-state index contributed by atoms with van der Waals surface area (Å²) in [7, 11) is 0. The van der Waals surface area contributed by atoms with E-state index in [-0.39, 0.29) is 5.97 Å². The van der Waals surface area contributed by atoms with Crippen LogP contribution in [0.1, 0.15) is 19.4 Å². The molecule has 2 heteroatoms. The van der Waals surface area contributed by atoms with Crippen molar-refractivity contribution >= 4 is 5.97 Å². The van der Waals surface area contributed by atoms with Gasteiger partial charge >= 0.3 is 5.97 Å². The molecule has 0 radical (unpaired) electrons. The SMILES string of the molecule is CC(C)(C(=O)Oc1ccccc1)c1ccccc1. The molecular formula is C16H16O2. The van der Waals surface area contributed by atoms with E-state index < -0.39 is 5.41 Å². The Morgan fingerprint density at radius 2 is 1.39 bits per heavy atom. The Balaban J connectivity index is 2.18. The van der Waals surface area contributed by atoms with Crippen molar-refractivity contribution in [3.8, 4) is 5.75 Å². The van der Waals surface area contributed by atoms with E-state index in [4.69, 9.17) is 4.74 Å². The summed E-state index contributed by atoms with van der Waals surface area (Å²) in [6, 6.07) is 18.8. The maximum atomic E-state index is 12.2. The second kappa shape index (κ2) is 5.05. The van der Waals surface area contributed by atoms with Crippen molar-refractivity contribution in [2.45, 2.75) is 19.3 Å². The molecular weight excluding hydrogens is 224 g/mol. The highest BCUT2D eigenvalue weighted by atomic mass is 16.5. The Hall–Kier alpha value is -2.09. The Morgan fingerprint density at radius 3 is 1.94 bits per heavy atom. The standard InChI is InChI=1S/C16H16O2/c1-16(2,13-9-5-3-6-10-13)15(17)18-14-11-7-4-8-12-14/h3-12H,1-2H3. The fourth-order valence-corrected chi connectivity index (χ4v) is 1.70. The molecule has 2 aromatic rings. The molecule has 2 aromatic carbocycles. The summed E-state index contributed by atoms with van der Waals surface area (Å²) < 4.78 is 5.39. The van der Waals surface area contributed by atoms with Crippen molar-refractivity contribution < 1.29 is 9.53 Å². The average Bonchev–Trinajstić information content (AvgIpc) is 2.41. The van der Waals surface area contributed by atoms with Crippen LogP contribution in [0.3, 0.4) is 0 Å². The first-order valence-electron chi connectivity index (χ1n) is 5.93. The molecule has 0 saturated carbocycles. The summed E-state index contributed by atoms with van der Waals surface area (Å²) >= 11 is 0. The van der Waals surface area contributed by atoms with Gasteiger partial charge in [0.05, 0.1) is 5.41 Å². The fraction of sp³-hybridized carbons (Fsp3) is 0.188. The van der Waals surface area contributed by atoms with E-state index in [1.807, 2.05) is 62.4 Å². The zero-order valence-electron chi connectivity index (χ0n) is 10.6. The van der Waals surface area contributed by atoms with Gasteiger partial charge in [0.1, 0.15) is 5.75 Å². The lowest BCUT2D eigenvalue weighted by Gasteiger charge is -2.22. The second-order valence-corrected chi connectivity index (χ2v) is 4.69. The van der Waals surface area contributed by atoms with Crippen molar-refractivity contribution in [2.75, 3.05) is 0 Å². The number of hydrogen-bond acceptors (Lipinski definition) is 2.